The molecular weight excluding hydrogens is 364 g/mol. The first-order valence-electron chi connectivity index (χ1n) is 9.62. The van der Waals surface area contributed by atoms with E-state index >= 15 is 0 Å². The molecule has 1 amide bonds. The van der Waals surface area contributed by atoms with Crippen molar-refractivity contribution < 1.29 is 4.79 Å². The third-order valence-corrected chi connectivity index (χ3v) is 5.01. The average molecular weight is 390 g/mol. The lowest BCUT2D eigenvalue weighted by molar-refractivity contribution is -0.121. The summed E-state index contributed by atoms with van der Waals surface area (Å²) in [6.07, 6.45) is 2.47. The number of fused-ring (bicyclic) bond motifs is 1. The summed E-state index contributed by atoms with van der Waals surface area (Å²) in [5.74, 6) is 0.00160. The number of aromatic nitrogens is 3. The molecule has 3 rings (SSSR count). The second kappa shape index (κ2) is 8.84. The first-order chi connectivity index (χ1) is 13.9. The third-order valence-electron chi connectivity index (χ3n) is 5.01. The summed E-state index contributed by atoms with van der Waals surface area (Å²) in [6.45, 7) is 5.21. The zero-order valence-electron chi connectivity index (χ0n) is 17.4. The quantitative estimate of drug-likeness (QED) is 0.670. The van der Waals surface area contributed by atoms with Crippen molar-refractivity contribution >= 4 is 11.6 Å². The van der Waals surface area contributed by atoms with Crippen molar-refractivity contribution in [2.24, 2.45) is 0 Å². The number of rotatable bonds is 7. The van der Waals surface area contributed by atoms with Crippen LogP contribution in [0.4, 0.5) is 0 Å². The van der Waals surface area contributed by atoms with E-state index < -0.39 is 0 Å². The smallest absolute Gasteiger partial charge is 0.220 e. The zero-order chi connectivity index (χ0) is 21.0. The van der Waals surface area contributed by atoms with E-state index in [-0.39, 0.29) is 5.91 Å². The van der Waals surface area contributed by atoms with Crippen LogP contribution >= 0.6 is 0 Å². The maximum atomic E-state index is 12.5. The minimum Gasteiger partial charge on any atom is -0.352 e. The Hall–Kier alpha value is -3.24. The largest absolute Gasteiger partial charge is 0.352 e. The fourth-order valence-electron chi connectivity index (χ4n) is 3.50. The van der Waals surface area contributed by atoms with Crippen molar-refractivity contribution in [2.45, 2.75) is 39.8 Å². The molecule has 3 aromatic rings. The van der Waals surface area contributed by atoms with Gasteiger partial charge in [-0.3, -0.25) is 4.79 Å². The van der Waals surface area contributed by atoms with Crippen LogP contribution in [0.3, 0.4) is 0 Å². The Morgan fingerprint density at radius 1 is 1.24 bits per heavy atom. The van der Waals surface area contributed by atoms with Crippen LogP contribution in [-0.2, 0) is 24.3 Å². The zero-order valence-corrected chi connectivity index (χ0v) is 17.4. The van der Waals surface area contributed by atoms with Gasteiger partial charge in [-0.2, -0.15) is 10.4 Å². The van der Waals surface area contributed by atoms with Crippen molar-refractivity contribution in [3.8, 4) is 6.07 Å². The first kappa shape index (κ1) is 20.5. The molecule has 0 aliphatic rings. The van der Waals surface area contributed by atoms with Gasteiger partial charge in [-0.05, 0) is 51.1 Å². The van der Waals surface area contributed by atoms with Gasteiger partial charge in [0.05, 0.1) is 6.20 Å². The normalized spacial score (nSPS) is 11.0. The van der Waals surface area contributed by atoms with Crippen molar-refractivity contribution in [3.63, 3.8) is 0 Å². The predicted molar refractivity (Wildman–Crippen MR) is 111 cm³/mol. The summed E-state index contributed by atoms with van der Waals surface area (Å²) < 4.78 is 1.68. The number of nitrogens with zero attached hydrogens (tertiary/aromatic N) is 5. The molecule has 0 bridgehead atoms. The molecule has 2 heterocycles. The average Bonchev–Trinajstić information content (AvgIpc) is 3.09. The maximum Gasteiger partial charge on any atom is 0.220 e. The molecule has 7 nitrogen and oxygen atoms in total. The summed E-state index contributed by atoms with van der Waals surface area (Å²) in [6, 6.07) is 10.3. The van der Waals surface area contributed by atoms with Crippen LogP contribution in [0.5, 0.6) is 0 Å². The van der Waals surface area contributed by atoms with Crippen molar-refractivity contribution in [1.29, 1.82) is 5.26 Å². The van der Waals surface area contributed by atoms with E-state index in [4.69, 9.17) is 0 Å². The molecule has 0 unspecified atom stereocenters. The van der Waals surface area contributed by atoms with Gasteiger partial charge in [0.15, 0.2) is 5.65 Å². The Labute approximate surface area is 171 Å². The number of benzene rings is 1. The molecule has 0 atom stereocenters. The number of hydrogen-bond donors (Lipinski definition) is 1. The highest BCUT2D eigenvalue weighted by molar-refractivity contribution is 5.76. The Morgan fingerprint density at radius 2 is 1.97 bits per heavy atom. The second-order valence-electron chi connectivity index (χ2n) is 7.45. The third kappa shape index (κ3) is 4.61. The summed E-state index contributed by atoms with van der Waals surface area (Å²) in [4.78, 5) is 19.1. The van der Waals surface area contributed by atoms with Crippen LogP contribution < -0.4 is 5.32 Å². The molecule has 1 N–H and O–H groups in total. The fraction of sp³-hybridized carbons (Fsp3) is 0.364. The first-order valence-corrected chi connectivity index (χ1v) is 9.62. The van der Waals surface area contributed by atoms with Gasteiger partial charge in [-0.1, -0.05) is 24.3 Å². The number of amides is 1. The number of hydrogen-bond acceptors (Lipinski definition) is 5. The molecular formula is C22H26N6O. The highest BCUT2D eigenvalue weighted by atomic mass is 16.1. The Morgan fingerprint density at radius 3 is 2.66 bits per heavy atom. The van der Waals surface area contributed by atoms with Crippen LogP contribution in [-0.4, -0.2) is 39.5 Å². The van der Waals surface area contributed by atoms with Crippen LogP contribution in [0.2, 0.25) is 0 Å². The topological polar surface area (TPSA) is 86.3 Å². The summed E-state index contributed by atoms with van der Waals surface area (Å²) in [5, 5.41) is 16.5. The highest BCUT2D eigenvalue weighted by Crippen LogP contribution is 2.18. The summed E-state index contributed by atoms with van der Waals surface area (Å²) >= 11 is 0. The second-order valence-corrected chi connectivity index (χ2v) is 7.45. The van der Waals surface area contributed by atoms with Gasteiger partial charge in [-0.15, -0.1) is 0 Å². The van der Waals surface area contributed by atoms with Gasteiger partial charge >= 0.3 is 0 Å². The summed E-state index contributed by atoms with van der Waals surface area (Å²) in [5.41, 5.74) is 6.10. The molecule has 0 saturated heterocycles. The van der Waals surface area contributed by atoms with E-state index in [0.29, 0.717) is 30.6 Å². The van der Waals surface area contributed by atoms with Crippen molar-refractivity contribution in [1.82, 2.24) is 24.8 Å². The van der Waals surface area contributed by atoms with Gasteiger partial charge in [0.2, 0.25) is 5.91 Å². The van der Waals surface area contributed by atoms with Crippen LogP contribution in [0, 0.1) is 25.2 Å². The Balaban J connectivity index is 1.65. The molecule has 0 aliphatic heterocycles. The standard InChI is InChI=1S/C22H26N6O/c1-15-20(16(2)28-22(26-15)19(11-23)13-25-28)9-10-21(29)24-12-17-7-5-6-8-18(17)14-27(3)4/h5-8,13H,9-10,12,14H2,1-4H3,(H,24,29). The van der Waals surface area contributed by atoms with Gasteiger partial charge in [0.1, 0.15) is 11.6 Å². The lowest BCUT2D eigenvalue weighted by atomic mass is 10.1. The SMILES string of the molecule is Cc1nc2c(C#N)cnn2c(C)c1CCC(=O)NCc1ccccc1CN(C)C. The van der Waals surface area contributed by atoms with Crippen molar-refractivity contribution in [2.75, 3.05) is 14.1 Å². The van der Waals surface area contributed by atoms with Crippen LogP contribution in [0.15, 0.2) is 30.5 Å². The van der Waals surface area contributed by atoms with E-state index in [1.54, 1.807) is 4.52 Å². The molecule has 0 fully saturated rings. The number of nitrogens with one attached hydrogen (secondary N) is 1. The number of nitriles is 1. The van der Waals surface area contributed by atoms with Crippen molar-refractivity contribution in [3.05, 3.63) is 64.1 Å². The van der Waals surface area contributed by atoms with E-state index in [1.165, 1.54) is 11.8 Å². The molecule has 150 valence electrons. The molecule has 1 aromatic carbocycles. The minimum atomic E-state index is 0.00160. The van der Waals surface area contributed by atoms with Gasteiger partial charge < -0.3 is 10.2 Å². The lowest BCUT2D eigenvalue weighted by Crippen LogP contribution is -2.24. The number of aryl methyl sites for hydroxylation is 2. The van der Waals surface area contributed by atoms with Crippen LogP contribution in [0.1, 0.15) is 40.1 Å². The number of carbonyl (C=O) groups excluding carboxylic acids is 1. The molecule has 7 heteroatoms. The lowest BCUT2D eigenvalue weighted by Gasteiger charge is -2.15. The molecule has 2 aromatic heterocycles. The van der Waals surface area contributed by atoms with E-state index in [9.17, 15) is 10.1 Å². The van der Waals surface area contributed by atoms with Gasteiger partial charge in [0.25, 0.3) is 0 Å². The monoisotopic (exact) mass is 390 g/mol. The Kier molecular flexibility index (Phi) is 6.25. The molecule has 29 heavy (non-hydrogen) atoms. The number of carbonyl (C=O) groups is 1. The maximum absolute atomic E-state index is 12.5. The van der Waals surface area contributed by atoms with E-state index in [1.807, 2.05) is 40.1 Å². The molecule has 0 radical (unpaired) electrons. The van der Waals surface area contributed by atoms with Gasteiger partial charge in [0, 0.05) is 30.9 Å². The highest BCUT2D eigenvalue weighted by Gasteiger charge is 2.15. The minimum absolute atomic E-state index is 0.00160. The Bertz CT molecular complexity index is 1080. The molecule has 0 saturated carbocycles. The molecule has 0 aliphatic carbocycles. The van der Waals surface area contributed by atoms with Crippen LogP contribution in [0.25, 0.3) is 5.65 Å². The van der Waals surface area contributed by atoms with E-state index in [2.05, 4.69) is 38.5 Å². The summed E-state index contributed by atoms with van der Waals surface area (Å²) in [7, 11) is 4.06. The van der Waals surface area contributed by atoms with Gasteiger partial charge in [-0.25, -0.2) is 9.50 Å². The predicted octanol–water partition coefficient (Wildman–Crippen LogP) is 2.53. The fourth-order valence-corrected chi connectivity index (χ4v) is 3.50. The molecule has 0 spiro atoms. The van der Waals surface area contributed by atoms with E-state index in [0.717, 1.165) is 29.1 Å².